The Kier molecular flexibility index (Phi) is 10.8. The van der Waals surface area contributed by atoms with E-state index < -0.39 is 6.04 Å². The van der Waals surface area contributed by atoms with E-state index in [1.165, 1.54) is 0 Å². The number of thioether (sulfide) groups is 1. The Morgan fingerprint density at radius 3 is 2.81 bits per heavy atom. The fraction of sp³-hybridized carbons (Fsp3) is 0.600. The normalized spacial score (nSPS) is 17.7. The summed E-state index contributed by atoms with van der Waals surface area (Å²) < 4.78 is 0. The summed E-state index contributed by atoms with van der Waals surface area (Å²) in [7, 11) is 1.95. The lowest BCUT2D eigenvalue weighted by Gasteiger charge is -2.35. The highest BCUT2D eigenvalue weighted by molar-refractivity contribution is 7.98. The van der Waals surface area contributed by atoms with Crippen LogP contribution in [0.3, 0.4) is 0 Å². The van der Waals surface area contributed by atoms with Crippen molar-refractivity contribution in [2.45, 2.75) is 32.2 Å². The van der Waals surface area contributed by atoms with Gasteiger partial charge in [-0.25, -0.2) is 0 Å². The number of benzene rings is 1. The van der Waals surface area contributed by atoms with Crippen molar-refractivity contribution in [2.75, 3.05) is 38.7 Å². The number of amides is 2. The molecule has 1 aliphatic rings. The maximum Gasteiger partial charge on any atom is 0.251 e. The molecule has 2 unspecified atom stereocenters. The van der Waals surface area contributed by atoms with Gasteiger partial charge >= 0.3 is 0 Å². The fourth-order valence-electron chi connectivity index (χ4n) is 3.46. The Morgan fingerprint density at radius 2 is 2.15 bits per heavy atom. The van der Waals surface area contributed by atoms with Gasteiger partial charge < -0.3 is 15.5 Å². The SMILES string of the molecule is CNCC1CCCN(C(=O)C(CCSC)NC(=O)c2cccc(C)c2)C1.Cl. The number of nitrogens with one attached hydrogen (secondary N) is 2. The van der Waals surface area contributed by atoms with Crippen LogP contribution >= 0.6 is 24.2 Å². The first kappa shape index (κ1) is 23.8. The van der Waals surface area contributed by atoms with Crippen molar-refractivity contribution >= 4 is 36.0 Å². The molecule has 2 N–H and O–H groups in total. The van der Waals surface area contributed by atoms with Crippen molar-refractivity contribution in [3.05, 3.63) is 35.4 Å². The third-order valence-corrected chi connectivity index (χ3v) is 5.46. The lowest BCUT2D eigenvalue weighted by Crippen LogP contribution is -2.52. The quantitative estimate of drug-likeness (QED) is 0.687. The molecule has 1 saturated heterocycles. The zero-order valence-electron chi connectivity index (χ0n) is 16.5. The second kappa shape index (κ2) is 12.3. The summed E-state index contributed by atoms with van der Waals surface area (Å²) in [6, 6.07) is 7.03. The van der Waals surface area contributed by atoms with E-state index in [1.807, 2.05) is 43.3 Å². The Balaban J connectivity index is 0.00000364. The summed E-state index contributed by atoms with van der Waals surface area (Å²) in [5.74, 6) is 1.22. The van der Waals surface area contributed by atoms with Crippen LogP contribution in [0.1, 0.15) is 35.2 Å². The van der Waals surface area contributed by atoms with Crippen LogP contribution in [0.2, 0.25) is 0 Å². The van der Waals surface area contributed by atoms with Gasteiger partial charge in [-0.3, -0.25) is 9.59 Å². The van der Waals surface area contributed by atoms with Crippen molar-refractivity contribution in [3.8, 4) is 0 Å². The number of halogens is 1. The van der Waals surface area contributed by atoms with Gasteiger partial charge in [-0.05, 0) is 69.8 Å². The van der Waals surface area contributed by atoms with Crippen molar-refractivity contribution < 1.29 is 9.59 Å². The molecule has 5 nitrogen and oxygen atoms in total. The van der Waals surface area contributed by atoms with Crippen LogP contribution in [0, 0.1) is 12.8 Å². The Morgan fingerprint density at radius 1 is 1.37 bits per heavy atom. The zero-order valence-corrected chi connectivity index (χ0v) is 18.1. The van der Waals surface area contributed by atoms with Gasteiger partial charge in [0.15, 0.2) is 0 Å². The van der Waals surface area contributed by atoms with E-state index in [2.05, 4.69) is 10.6 Å². The number of rotatable bonds is 8. The van der Waals surface area contributed by atoms with E-state index in [-0.39, 0.29) is 24.2 Å². The van der Waals surface area contributed by atoms with E-state index in [0.29, 0.717) is 17.9 Å². The van der Waals surface area contributed by atoms with Crippen molar-refractivity contribution in [2.24, 2.45) is 5.92 Å². The number of piperidine rings is 1. The summed E-state index contributed by atoms with van der Waals surface area (Å²) >= 11 is 1.70. The van der Waals surface area contributed by atoms with Gasteiger partial charge in [0, 0.05) is 18.7 Å². The van der Waals surface area contributed by atoms with E-state index in [0.717, 1.165) is 43.8 Å². The van der Waals surface area contributed by atoms with Crippen LogP contribution in [0.5, 0.6) is 0 Å². The zero-order chi connectivity index (χ0) is 18.9. The van der Waals surface area contributed by atoms with Crippen molar-refractivity contribution in [1.82, 2.24) is 15.5 Å². The molecule has 27 heavy (non-hydrogen) atoms. The number of nitrogens with zero attached hydrogens (tertiary/aromatic N) is 1. The average Bonchev–Trinajstić information content (AvgIpc) is 2.65. The molecule has 2 rings (SSSR count). The van der Waals surface area contributed by atoms with E-state index in [4.69, 9.17) is 0 Å². The average molecular weight is 414 g/mol. The minimum atomic E-state index is -0.455. The van der Waals surface area contributed by atoms with Crippen LogP contribution in [-0.4, -0.2) is 61.4 Å². The summed E-state index contributed by atoms with van der Waals surface area (Å²) in [4.78, 5) is 27.6. The maximum absolute atomic E-state index is 13.1. The monoisotopic (exact) mass is 413 g/mol. The molecular formula is C20H32ClN3O2S. The molecule has 1 aromatic rings. The van der Waals surface area contributed by atoms with Crippen LogP contribution in [0.15, 0.2) is 24.3 Å². The molecule has 1 aliphatic heterocycles. The number of hydrogen-bond acceptors (Lipinski definition) is 4. The Bertz CT molecular complexity index is 613. The first-order valence-electron chi connectivity index (χ1n) is 9.35. The van der Waals surface area contributed by atoms with Crippen LogP contribution in [0.25, 0.3) is 0 Å². The van der Waals surface area contributed by atoms with Crippen LogP contribution < -0.4 is 10.6 Å². The fourth-order valence-corrected chi connectivity index (χ4v) is 3.93. The van der Waals surface area contributed by atoms with Gasteiger partial charge in [-0.1, -0.05) is 17.7 Å². The molecular weight excluding hydrogens is 382 g/mol. The summed E-state index contributed by atoms with van der Waals surface area (Å²) in [5, 5.41) is 6.19. The topological polar surface area (TPSA) is 61.4 Å². The Hall–Kier alpha value is -1.24. The van der Waals surface area contributed by atoms with Crippen LogP contribution in [-0.2, 0) is 4.79 Å². The third kappa shape index (κ3) is 7.35. The first-order valence-corrected chi connectivity index (χ1v) is 10.7. The molecule has 1 aromatic carbocycles. The number of hydrogen-bond donors (Lipinski definition) is 2. The second-order valence-corrected chi connectivity index (χ2v) is 8.01. The summed E-state index contributed by atoms with van der Waals surface area (Å²) in [5.41, 5.74) is 1.65. The highest BCUT2D eigenvalue weighted by Gasteiger charge is 2.29. The molecule has 152 valence electrons. The lowest BCUT2D eigenvalue weighted by molar-refractivity contribution is -0.135. The van der Waals surface area contributed by atoms with Gasteiger partial charge in [0.2, 0.25) is 5.91 Å². The predicted octanol–water partition coefficient (Wildman–Crippen LogP) is 2.73. The molecule has 0 aromatic heterocycles. The highest BCUT2D eigenvalue weighted by atomic mass is 35.5. The summed E-state index contributed by atoms with van der Waals surface area (Å²) in [6.07, 6.45) is 4.85. The standard InChI is InChI=1S/C20H31N3O2S.ClH/c1-15-6-4-8-17(12-15)19(24)22-18(9-11-26-3)20(25)23-10-5-7-16(14-23)13-21-2;/h4,6,8,12,16,18,21H,5,7,9-11,13-14H2,1-3H3,(H,22,24);1H. The second-order valence-electron chi connectivity index (χ2n) is 7.03. The number of carbonyl (C=O) groups is 2. The maximum atomic E-state index is 13.1. The van der Waals surface area contributed by atoms with E-state index in [1.54, 1.807) is 17.8 Å². The smallest absolute Gasteiger partial charge is 0.251 e. The number of carbonyl (C=O) groups excluding carboxylic acids is 2. The highest BCUT2D eigenvalue weighted by Crippen LogP contribution is 2.18. The molecule has 0 spiro atoms. The van der Waals surface area contributed by atoms with Gasteiger partial charge in [0.25, 0.3) is 5.91 Å². The number of aryl methyl sites for hydroxylation is 1. The summed E-state index contributed by atoms with van der Waals surface area (Å²) in [6.45, 7) is 4.45. The number of likely N-dealkylation sites (tertiary alicyclic amines) is 1. The lowest BCUT2D eigenvalue weighted by atomic mass is 9.97. The first-order chi connectivity index (χ1) is 12.5. The van der Waals surface area contributed by atoms with Gasteiger partial charge in [0.1, 0.15) is 6.04 Å². The third-order valence-electron chi connectivity index (χ3n) is 4.82. The van der Waals surface area contributed by atoms with Gasteiger partial charge in [-0.2, -0.15) is 11.8 Å². The molecule has 2 amide bonds. The molecule has 7 heteroatoms. The molecule has 1 heterocycles. The predicted molar refractivity (Wildman–Crippen MR) is 116 cm³/mol. The van der Waals surface area contributed by atoms with Gasteiger partial charge in [-0.15, -0.1) is 12.4 Å². The molecule has 0 aliphatic carbocycles. The van der Waals surface area contributed by atoms with E-state index in [9.17, 15) is 9.59 Å². The largest absolute Gasteiger partial charge is 0.341 e. The molecule has 2 atom stereocenters. The minimum absolute atomic E-state index is 0. The Labute approximate surface area is 173 Å². The molecule has 0 radical (unpaired) electrons. The molecule has 0 saturated carbocycles. The van der Waals surface area contributed by atoms with Crippen molar-refractivity contribution in [3.63, 3.8) is 0 Å². The van der Waals surface area contributed by atoms with Crippen LogP contribution in [0.4, 0.5) is 0 Å². The molecule has 1 fully saturated rings. The van der Waals surface area contributed by atoms with Crippen molar-refractivity contribution in [1.29, 1.82) is 0 Å². The minimum Gasteiger partial charge on any atom is -0.341 e. The molecule has 0 bridgehead atoms. The van der Waals surface area contributed by atoms with Gasteiger partial charge in [0.05, 0.1) is 0 Å². The van der Waals surface area contributed by atoms with E-state index >= 15 is 0 Å².